The van der Waals surface area contributed by atoms with Gasteiger partial charge >= 0.3 is 0 Å². The third-order valence-electron chi connectivity index (χ3n) is 3.06. The lowest BCUT2D eigenvalue weighted by molar-refractivity contribution is 0.393. The summed E-state index contributed by atoms with van der Waals surface area (Å²) in [5, 5.41) is 12.3. The maximum absolute atomic E-state index is 8.85. The third kappa shape index (κ3) is 2.67. The molecule has 2 bridgehead atoms. The normalized spacial score (nSPS) is 20.7. The van der Waals surface area contributed by atoms with E-state index in [1.807, 2.05) is 6.07 Å². The Morgan fingerprint density at radius 1 is 1.44 bits per heavy atom. The number of benzene rings is 1. The van der Waals surface area contributed by atoms with E-state index in [1.54, 1.807) is 12.1 Å². The molecule has 3 heterocycles. The molecule has 1 saturated heterocycles. The highest BCUT2D eigenvalue weighted by molar-refractivity contribution is 5.68. The molecule has 2 aromatic heterocycles. The number of piperidine rings is 1. The number of hydrogen-bond acceptors (Lipinski definition) is 3. The maximum atomic E-state index is 8.85. The van der Waals surface area contributed by atoms with Crippen LogP contribution in [0.4, 0.5) is 0 Å². The Kier molecular flexibility index (Phi) is 3.67. The van der Waals surface area contributed by atoms with Gasteiger partial charge in [-0.15, -0.1) is 0 Å². The fourth-order valence-electron chi connectivity index (χ4n) is 2.05. The van der Waals surface area contributed by atoms with Crippen molar-refractivity contribution in [3.05, 3.63) is 18.2 Å². The molecule has 16 heavy (non-hydrogen) atoms. The maximum Gasteiger partial charge on any atom is 0.169 e. The zero-order chi connectivity index (χ0) is 11.4. The van der Waals surface area contributed by atoms with Crippen LogP contribution in [0.15, 0.2) is 22.6 Å². The Hall–Kier alpha value is -1.22. The van der Waals surface area contributed by atoms with E-state index in [0.717, 1.165) is 11.6 Å². The van der Waals surface area contributed by atoms with Crippen molar-refractivity contribution >= 4 is 11.2 Å². The lowest BCUT2D eigenvalue weighted by atomic mass is 10.0. The van der Waals surface area contributed by atoms with Crippen molar-refractivity contribution in [3.63, 3.8) is 0 Å². The van der Waals surface area contributed by atoms with Crippen molar-refractivity contribution in [3.8, 4) is 5.75 Å². The first-order valence-electron chi connectivity index (χ1n) is 6.04. The van der Waals surface area contributed by atoms with Crippen molar-refractivity contribution in [2.45, 2.75) is 38.6 Å². The van der Waals surface area contributed by atoms with Crippen molar-refractivity contribution in [1.82, 2.24) is 5.32 Å². The molecular formula is C13H19NO2. The van der Waals surface area contributed by atoms with E-state index in [9.17, 15) is 0 Å². The van der Waals surface area contributed by atoms with Gasteiger partial charge in [-0.1, -0.05) is 13.3 Å². The smallest absolute Gasteiger partial charge is 0.169 e. The summed E-state index contributed by atoms with van der Waals surface area (Å²) in [5.74, 6) is 0.238. The van der Waals surface area contributed by atoms with E-state index < -0.39 is 0 Å². The van der Waals surface area contributed by atoms with Crippen molar-refractivity contribution < 1.29 is 9.52 Å². The Morgan fingerprint density at radius 2 is 2.31 bits per heavy atom. The first-order valence-corrected chi connectivity index (χ1v) is 6.04. The summed E-state index contributed by atoms with van der Waals surface area (Å²) >= 11 is 0. The lowest BCUT2D eigenvalue weighted by Crippen LogP contribution is -2.32. The van der Waals surface area contributed by atoms with E-state index in [1.165, 1.54) is 32.2 Å². The minimum atomic E-state index is 0.238. The number of furan rings is 2. The van der Waals surface area contributed by atoms with Crippen LogP contribution in [0.5, 0.6) is 5.75 Å². The van der Waals surface area contributed by atoms with Gasteiger partial charge in [-0.2, -0.15) is 0 Å². The van der Waals surface area contributed by atoms with E-state index in [-0.39, 0.29) is 5.75 Å². The molecule has 0 saturated carbocycles. The Morgan fingerprint density at radius 3 is 2.62 bits per heavy atom. The number of hydrogen-bond donors (Lipinski definition) is 2. The first kappa shape index (κ1) is 11.3. The predicted octanol–water partition coefficient (Wildman–Crippen LogP) is 3.11. The summed E-state index contributed by atoms with van der Waals surface area (Å²) in [6.07, 6.45) is 5.53. The number of phenols is 1. The molecule has 1 fully saturated rings. The molecular weight excluding hydrogens is 202 g/mol. The molecule has 1 unspecified atom stereocenters. The minimum absolute atomic E-state index is 0.238. The molecule has 0 aromatic carbocycles. The highest BCUT2D eigenvalue weighted by Crippen LogP contribution is 2.26. The third-order valence-corrected chi connectivity index (χ3v) is 3.06. The van der Waals surface area contributed by atoms with Crippen LogP contribution in [0, 0.1) is 0 Å². The van der Waals surface area contributed by atoms with Crippen LogP contribution in [0.2, 0.25) is 0 Å². The van der Waals surface area contributed by atoms with Crippen molar-refractivity contribution in [2.75, 3.05) is 6.54 Å². The molecule has 0 amide bonds. The van der Waals surface area contributed by atoms with Gasteiger partial charge in [0.25, 0.3) is 0 Å². The quantitative estimate of drug-likeness (QED) is 0.777. The van der Waals surface area contributed by atoms with Crippen LogP contribution in [0.25, 0.3) is 11.2 Å². The van der Waals surface area contributed by atoms with Gasteiger partial charge in [0.1, 0.15) is 5.58 Å². The van der Waals surface area contributed by atoms with Gasteiger partial charge in [0.05, 0.1) is 0 Å². The Bertz CT molecular complexity index is 404. The van der Waals surface area contributed by atoms with Crippen molar-refractivity contribution in [1.29, 1.82) is 0 Å². The van der Waals surface area contributed by atoms with Gasteiger partial charge in [0.2, 0.25) is 0 Å². The van der Waals surface area contributed by atoms with Gasteiger partial charge < -0.3 is 14.8 Å². The minimum Gasteiger partial charge on any atom is -0.504 e. The van der Waals surface area contributed by atoms with Crippen LogP contribution in [0.3, 0.4) is 0 Å². The second kappa shape index (κ2) is 5.21. The van der Waals surface area contributed by atoms with Crippen LogP contribution in [-0.4, -0.2) is 17.7 Å². The summed E-state index contributed by atoms with van der Waals surface area (Å²) in [6.45, 7) is 3.50. The Balaban J connectivity index is 0.000000120. The largest absolute Gasteiger partial charge is 0.504 e. The highest BCUT2D eigenvalue weighted by atomic mass is 16.4. The summed E-state index contributed by atoms with van der Waals surface area (Å²) in [6, 6.07) is 5.98. The molecule has 88 valence electrons. The molecule has 3 nitrogen and oxygen atoms in total. The van der Waals surface area contributed by atoms with E-state index in [2.05, 4.69) is 12.2 Å². The molecule has 0 aliphatic carbocycles. The number of fused-ring (bicyclic) bond motifs is 2. The molecule has 3 rings (SSSR count). The highest BCUT2D eigenvalue weighted by Gasteiger charge is 2.08. The monoisotopic (exact) mass is 221 g/mol. The molecule has 2 N–H and O–H groups in total. The molecule has 1 atom stereocenters. The molecule has 1 aliphatic heterocycles. The van der Waals surface area contributed by atoms with Crippen LogP contribution >= 0.6 is 0 Å². The Labute approximate surface area is 95.8 Å². The zero-order valence-electron chi connectivity index (χ0n) is 9.70. The van der Waals surface area contributed by atoms with Crippen LogP contribution in [0.1, 0.15) is 32.6 Å². The summed E-state index contributed by atoms with van der Waals surface area (Å²) < 4.78 is 4.96. The molecule has 1 aliphatic rings. The number of rotatable bonds is 1. The molecule has 3 heteroatoms. The first-order chi connectivity index (χ1) is 7.79. The predicted molar refractivity (Wildman–Crippen MR) is 65.0 cm³/mol. The van der Waals surface area contributed by atoms with Crippen molar-refractivity contribution in [2.24, 2.45) is 0 Å². The molecule has 0 radical (unpaired) electrons. The van der Waals surface area contributed by atoms with Crippen LogP contribution < -0.4 is 5.32 Å². The van der Waals surface area contributed by atoms with E-state index in [0.29, 0.717) is 5.58 Å². The number of phenolic OH excluding ortho intramolecular Hbond substituents is 1. The van der Waals surface area contributed by atoms with Gasteiger partial charge in [-0.05, 0) is 37.9 Å². The second-order valence-electron chi connectivity index (χ2n) is 4.29. The number of aromatic hydroxyl groups is 1. The fourth-order valence-corrected chi connectivity index (χ4v) is 2.05. The van der Waals surface area contributed by atoms with Gasteiger partial charge in [0.15, 0.2) is 11.3 Å². The summed E-state index contributed by atoms with van der Waals surface area (Å²) in [4.78, 5) is 0. The average Bonchev–Trinajstić information content (AvgIpc) is 2.92. The van der Waals surface area contributed by atoms with E-state index >= 15 is 0 Å². The molecule has 0 spiro atoms. The second-order valence-corrected chi connectivity index (χ2v) is 4.29. The van der Waals surface area contributed by atoms with Gasteiger partial charge in [-0.3, -0.25) is 0 Å². The number of nitrogens with one attached hydrogen (secondary N) is 1. The lowest BCUT2D eigenvalue weighted by Gasteiger charge is -2.21. The van der Waals surface area contributed by atoms with E-state index in [4.69, 9.17) is 9.52 Å². The standard InChI is InChI=1S/C7H15N.C6H4O2/c1-2-7-5-3-4-6-8-7;7-5-3-4-1-2-6(5)8-4/h7-8H,2-6H2,1H3;1-3,7H. The summed E-state index contributed by atoms with van der Waals surface area (Å²) in [5.41, 5.74) is 1.30. The van der Waals surface area contributed by atoms with Gasteiger partial charge in [0, 0.05) is 12.1 Å². The average molecular weight is 221 g/mol. The zero-order valence-corrected chi connectivity index (χ0v) is 9.70. The topological polar surface area (TPSA) is 45.4 Å². The molecule has 2 aromatic rings. The SMILES string of the molecule is CCC1CCCCN1.Oc1cc2ccc1o2. The van der Waals surface area contributed by atoms with Gasteiger partial charge in [-0.25, -0.2) is 0 Å². The fraction of sp³-hybridized carbons (Fsp3) is 0.538. The summed E-state index contributed by atoms with van der Waals surface area (Å²) in [7, 11) is 0. The van der Waals surface area contributed by atoms with Crippen LogP contribution in [-0.2, 0) is 0 Å².